The van der Waals surface area contributed by atoms with Gasteiger partial charge in [0.2, 0.25) is 0 Å². The number of halogens is 3. The summed E-state index contributed by atoms with van der Waals surface area (Å²) in [5, 5.41) is 11.2. The highest BCUT2D eigenvalue weighted by molar-refractivity contribution is 5.67. The van der Waals surface area contributed by atoms with Crippen LogP contribution < -0.4 is 5.32 Å². The van der Waals surface area contributed by atoms with Gasteiger partial charge in [-0.1, -0.05) is 0 Å². The van der Waals surface area contributed by atoms with Crippen LogP contribution in [0, 0.1) is 0 Å². The monoisotopic (exact) mass is 271 g/mol. The molecule has 0 rings (SSSR count). The molecule has 0 unspecified atom stereocenters. The molecule has 0 fully saturated rings. The Hall–Kier alpha value is -1.44. The molecule has 1 atom stereocenters. The lowest BCUT2D eigenvalue weighted by atomic mass is 10.0. The number of amides is 1. The molecule has 0 spiro atoms. The van der Waals surface area contributed by atoms with E-state index in [0.29, 0.717) is 6.08 Å². The second-order valence-electron chi connectivity index (χ2n) is 3.25. The molecule has 5 nitrogen and oxygen atoms in total. The van der Waals surface area contributed by atoms with Crippen molar-refractivity contribution in [3.63, 3.8) is 0 Å². The van der Waals surface area contributed by atoms with E-state index in [0.717, 1.165) is 6.26 Å². The first-order valence-electron chi connectivity index (χ1n) is 5.26. The van der Waals surface area contributed by atoms with Gasteiger partial charge in [0, 0.05) is 0 Å². The van der Waals surface area contributed by atoms with Crippen molar-refractivity contribution in [1.82, 2.24) is 5.32 Å². The predicted molar refractivity (Wildman–Crippen MR) is 56.8 cm³/mol. The third kappa shape index (κ3) is 5.26. The largest absolute Gasteiger partial charge is 0.502 e. The summed E-state index contributed by atoms with van der Waals surface area (Å²) >= 11 is 0. The minimum atomic E-state index is -4.94. The van der Waals surface area contributed by atoms with E-state index in [1.165, 1.54) is 6.92 Å². The van der Waals surface area contributed by atoms with E-state index in [9.17, 15) is 23.1 Å². The van der Waals surface area contributed by atoms with E-state index in [4.69, 9.17) is 0 Å². The highest BCUT2D eigenvalue weighted by Crippen LogP contribution is 2.31. The fourth-order valence-electron chi connectivity index (χ4n) is 0.900. The summed E-state index contributed by atoms with van der Waals surface area (Å²) in [5.74, 6) is 0. The van der Waals surface area contributed by atoms with Gasteiger partial charge in [0.05, 0.1) is 26.0 Å². The minimum Gasteiger partial charge on any atom is -0.502 e. The summed E-state index contributed by atoms with van der Waals surface area (Å²) in [4.78, 5) is 10.9. The lowest BCUT2D eigenvalue weighted by Gasteiger charge is -2.27. The molecule has 8 heteroatoms. The second kappa shape index (κ2) is 7.10. The molecule has 0 aromatic rings. The Morgan fingerprint density at radius 2 is 1.94 bits per heavy atom. The number of alkyl halides is 3. The van der Waals surface area contributed by atoms with Crippen LogP contribution in [0.1, 0.15) is 13.8 Å². The molecule has 0 aliphatic carbocycles. The standard InChI is InChI=1S/C10H16F3NO4/c1-3-17-6-5-9(16,10(11,12)13)7-14-8(15)18-4-2/h5-6,16H,3-4,7H2,1-2H3,(H,14,15)/b6-5+/t9-/m1/s1. The second-order valence-corrected chi connectivity index (χ2v) is 3.25. The maximum absolute atomic E-state index is 12.6. The Balaban J connectivity index is 4.64. The van der Waals surface area contributed by atoms with Gasteiger partial charge in [-0.3, -0.25) is 0 Å². The highest BCUT2D eigenvalue weighted by atomic mass is 19.4. The quantitative estimate of drug-likeness (QED) is 0.720. The van der Waals surface area contributed by atoms with E-state index >= 15 is 0 Å². The van der Waals surface area contributed by atoms with Gasteiger partial charge in [0.15, 0.2) is 5.60 Å². The van der Waals surface area contributed by atoms with E-state index in [-0.39, 0.29) is 13.2 Å². The van der Waals surface area contributed by atoms with Gasteiger partial charge in [-0.15, -0.1) is 0 Å². The van der Waals surface area contributed by atoms with Crippen LogP contribution in [0.2, 0.25) is 0 Å². The Kier molecular flexibility index (Phi) is 6.53. The van der Waals surface area contributed by atoms with Gasteiger partial charge in [-0.05, 0) is 19.9 Å². The van der Waals surface area contributed by atoms with Crippen LogP contribution >= 0.6 is 0 Å². The molecule has 0 bridgehead atoms. The van der Waals surface area contributed by atoms with Crippen molar-refractivity contribution in [2.24, 2.45) is 0 Å². The van der Waals surface area contributed by atoms with Gasteiger partial charge in [0.25, 0.3) is 0 Å². The van der Waals surface area contributed by atoms with Gasteiger partial charge in [-0.25, -0.2) is 4.79 Å². The van der Waals surface area contributed by atoms with Crippen LogP contribution in [-0.4, -0.2) is 42.7 Å². The zero-order valence-corrected chi connectivity index (χ0v) is 10.1. The number of rotatable bonds is 6. The molecular formula is C10H16F3NO4. The lowest BCUT2D eigenvalue weighted by Crippen LogP contribution is -2.52. The molecule has 0 heterocycles. The number of carbonyl (C=O) groups excluding carboxylic acids is 1. The van der Waals surface area contributed by atoms with Crippen molar-refractivity contribution < 1.29 is 32.5 Å². The molecule has 0 saturated heterocycles. The summed E-state index contributed by atoms with van der Waals surface area (Å²) in [6.07, 6.45) is -4.81. The summed E-state index contributed by atoms with van der Waals surface area (Å²) in [7, 11) is 0. The molecule has 0 radical (unpaired) electrons. The number of aliphatic hydroxyl groups is 1. The Morgan fingerprint density at radius 1 is 1.33 bits per heavy atom. The molecule has 0 aromatic heterocycles. The molecule has 0 aromatic carbocycles. The predicted octanol–water partition coefficient (Wildman–Crippen LogP) is 1.58. The fourth-order valence-corrected chi connectivity index (χ4v) is 0.900. The van der Waals surface area contributed by atoms with Crippen LogP contribution in [0.5, 0.6) is 0 Å². The van der Waals surface area contributed by atoms with Crippen LogP contribution in [0.15, 0.2) is 12.3 Å². The van der Waals surface area contributed by atoms with Gasteiger partial charge in [0.1, 0.15) is 0 Å². The number of nitrogens with one attached hydrogen (secondary N) is 1. The molecule has 0 aliphatic heterocycles. The summed E-state index contributed by atoms with van der Waals surface area (Å²) in [5.41, 5.74) is -3.20. The molecular weight excluding hydrogens is 255 g/mol. The minimum absolute atomic E-state index is 0.0189. The van der Waals surface area contributed by atoms with Crippen LogP contribution in [0.25, 0.3) is 0 Å². The van der Waals surface area contributed by atoms with Gasteiger partial charge < -0.3 is 19.9 Å². The number of alkyl carbamates (subject to hydrolysis) is 1. The first-order chi connectivity index (χ1) is 8.27. The Morgan fingerprint density at radius 3 is 2.39 bits per heavy atom. The van der Waals surface area contributed by atoms with Crippen LogP contribution in [0.4, 0.5) is 18.0 Å². The average Bonchev–Trinajstić information content (AvgIpc) is 2.26. The van der Waals surface area contributed by atoms with E-state index < -0.39 is 24.4 Å². The zero-order chi connectivity index (χ0) is 14.2. The lowest BCUT2D eigenvalue weighted by molar-refractivity contribution is -0.237. The molecule has 18 heavy (non-hydrogen) atoms. The van der Waals surface area contributed by atoms with Crippen molar-refractivity contribution in [3.8, 4) is 0 Å². The summed E-state index contributed by atoms with van der Waals surface area (Å²) in [6, 6.07) is 0. The first kappa shape index (κ1) is 16.6. The molecule has 0 saturated carbocycles. The van der Waals surface area contributed by atoms with E-state index in [1.54, 1.807) is 6.92 Å². The SMILES string of the molecule is CCO/C=C/[C@@](O)(CNC(=O)OCC)C(F)(F)F. The summed E-state index contributed by atoms with van der Waals surface area (Å²) in [6.45, 7) is 2.21. The fraction of sp³-hybridized carbons (Fsp3) is 0.700. The number of hydrogen-bond acceptors (Lipinski definition) is 4. The maximum atomic E-state index is 12.6. The van der Waals surface area contributed by atoms with Crippen LogP contribution in [0.3, 0.4) is 0 Å². The number of hydrogen-bond donors (Lipinski definition) is 2. The van der Waals surface area contributed by atoms with Crippen molar-refractivity contribution in [2.45, 2.75) is 25.6 Å². The van der Waals surface area contributed by atoms with Crippen molar-refractivity contribution >= 4 is 6.09 Å². The van der Waals surface area contributed by atoms with Crippen LogP contribution in [-0.2, 0) is 9.47 Å². The number of carbonyl (C=O) groups is 1. The van der Waals surface area contributed by atoms with E-state index in [2.05, 4.69) is 9.47 Å². The molecule has 2 N–H and O–H groups in total. The van der Waals surface area contributed by atoms with Crippen molar-refractivity contribution in [2.75, 3.05) is 19.8 Å². The Labute approximate surface area is 103 Å². The van der Waals surface area contributed by atoms with E-state index in [1.807, 2.05) is 5.32 Å². The molecule has 0 aliphatic rings. The Bertz CT molecular complexity index is 293. The smallest absolute Gasteiger partial charge is 0.422 e. The highest BCUT2D eigenvalue weighted by Gasteiger charge is 2.52. The van der Waals surface area contributed by atoms with Gasteiger partial charge >= 0.3 is 12.3 Å². The van der Waals surface area contributed by atoms with Gasteiger partial charge in [-0.2, -0.15) is 13.2 Å². The first-order valence-corrected chi connectivity index (χ1v) is 5.26. The van der Waals surface area contributed by atoms with Crippen molar-refractivity contribution in [3.05, 3.63) is 12.3 Å². The van der Waals surface area contributed by atoms with Crippen molar-refractivity contribution in [1.29, 1.82) is 0 Å². The topological polar surface area (TPSA) is 67.8 Å². The summed E-state index contributed by atoms with van der Waals surface area (Å²) < 4.78 is 46.8. The molecule has 106 valence electrons. The third-order valence-corrected chi connectivity index (χ3v) is 1.88. The molecule has 1 amide bonds. The maximum Gasteiger partial charge on any atom is 0.422 e. The normalized spacial score (nSPS) is 15.2. The third-order valence-electron chi connectivity index (χ3n) is 1.88. The average molecular weight is 271 g/mol. The zero-order valence-electron chi connectivity index (χ0n) is 10.1. The number of ether oxygens (including phenoxy) is 2.